The van der Waals surface area contributed by atoms with Gasteiger partial charge in [-0.15, -0.1) is 0 Å². The SMILES string of the molecule is Cc1cnc(C2(NC(=O)c3cnc(N4CCC(N5CCC[C@@H](C)C5)CC4)s3)CC2)c(F)c1. The molecule has 3 aliphatic rings. The van der Waals surface area contributed by atoms with Crippen molar-refractivity contribution < 1.29 is 9.18 Å². The minimum absolute atomic E-state index is 0.190. The van der Waals surface area contributed by atoms with Gasteiger partial charge in [0.15, 0.2) is 5.13 Å². The molecule has 2 aliphatic heterocycles. The number of nitrogens with one attached hydrogen (secondary N) is 1. The van der Waals surface area contributed by atoms with E-state index in [2.05, 4.69) is 32.0 Å². The predicted molar refractivity (Wildman–Crippen MR) is 125 cm³/mol. The zero-order valence-corrected chi connectivity index (χ0v) is 19.8. The Morgan fingerprint density at radius 2 is 1.97 bits per heavy atom. The minimum atomic E-state index is -0.678. The highest BCUT2D eigenvalue weighted by Crippen LogP contribution is 2.46. The molecule has 1 amide bonds. The number of amides is 1. The van der Waals surface area contributed by atoms with Gasteiger partial charge in [-0.2, -0.15) is 0 Å². The van der Waals surface area contributed by atoms with Crippen LogP contribution in [0.3, 0.4) is 0 Å². The summed E-state index contributed by atoms with van der Waals surface area (Å²) >= 11 is 1.43. The van der Waals surface area contributed by atoms with Crippen LogP contribution in [-0.2, 0) is 5.54 Å². The minimum Gasteiger partial charge on any atom is -0.348 e. The van der Waals surface area contributed by atoms with Crippen LogP contribution in [0.1, 0.15) is 66.4 Å². The molecule has 1 aliphatic carbocycles. The van der Waals surface area contributed by atoms with Gasteiger partial charge in [-0.1, -0.05) is 18.3 Å². The fourth-order valence-corrected chi connectivity index (χ4v) is 6.07. The molecule has 0 unspecified atom stereocenters. The van der Waals surface area contributed by atoms with E-state index in [1.807, 2.05) is 6.92 Å². The third-order valence-corrected chi connectivity index (χ3v) is 8.25. The van der Waals surface area contributed by atoms with Gasteiger partial charge in [-0.25, -0.2) is 9.37 Å². The van der Waals surface area contributed by atoms with Crippen LogP contribution >= 0.6 is 11.3 Å². The van der Waals surface area contributed by atoms with Gasteiger partial charge >= 0.3 is 0 Å². The first-order chi connectivity index (χ1) is 15.4. The molecule has 4 heterocycles. The summed E-state index contributed by atoms with van der Waals surface area (Å²) in [6, 6.07) is 2.15. The topological polar surface area (TPSA) is 61.4 Å². The summed E-state index contributed by atoms with van der Waals surface area (Å²) in [5.41, 5.74) is 0.442. The number of aryl methyl sites for hydroxylation is 1. The second kappa shape index (κ2) is 8.71. The number of nitrogens with zero attached hydrogens (tertiary/aromatic N) is 4. The normalized spacial score (nSPS) is 23.8. The van der Waals surface area contributed by atoms with Crippen LogP contribution in [0.4, 0.5) is 9.52 Å². The highest BCUT2D eigenvalue weighted by atomic mass is 32.1. The lowest BCUT2D eigenvalue weighted by atomic mass is 9.95. The van der Waals surface area contributed by atoms with E-state index < -0.39 is 5.54 Å². The summed E-state index contributed by atoms with van der Waals surface area (Å²) < 4.78 is 14.4. The van der Waals surface area contributed by atoms with Crippen molar-refractivity contribution in [1.29, 1.82) is 0 Å². The standard InChI is InChI=1S/C24H32FN5OS/c1-16-4-3-9-30(15-16)18-5-10-29(11-6-18)23-27-14-20(32-23)22(31)28-24(7-8-24)21-19(25)12-17(2)13-26-21/h12-14,16,18H,3-11,15H2,1-2H3,(H,28,31)/t16-/m1/s1. The second-order valence-electron chi connectivity index (χ2n) is 9.85. The van der Waals surface area contributed by atoms with Gasteiger partial charge in [0.2, 0.25) is 0 Å². The first-order valence-corrected chi connectivity index (χ1v) is 12.7. The lowest BCUT2D eigenvalue weighted by molar-refractivity contribution is 0.0933. The molecule has 1 atom stereocenters. The Bertz CT molecular complexity index is 983. The lowest BCUT2D eigenvalue weighted by Gasteiger charge is -2.41. The van der Waals surface area contributed by atoms with Crippen LogP contribution in [0.15, 0.2) is 18.5 Å². The third-order valence-electron chi connectivity index (χ3n) is 7.19. The maximum absolute atomic E-state index is 14.4. The predicted octanol–water partition coefficient (Wildman–Crippen LogP) is 4.11. The number of hydrogen-bond donors (Lipinski definition) is 1. The fraction of sp³-hybridized carbons (Fsp3) is 0.625. The smallest absolute Gasteiger partial charge is 0.263 e. The summed E-state index contributed by atoms with van der Waals surface area (Å²) in [4.78, 5) is 27.3. The largest absolute Gasteiger partial charge is 0.348 e. The Labute approximate surface area is 193 Å². The molecule has 2 aromatic rings. The number of halogens is 1. The summed E-state index contributed by atoms with van der Waals surface area (Å²) in [6.07, 6.45) is 9.69. The first kappa shape index (κ1) is 21.8. The maximum atomic E-state index is 14.4. The van der Waals surface area contributed by atoms with E-state index in [1.54, 1.807) is 12.4 Å². The maximum Gasteiger partial charge on any atom is 0.263 e. The van der Waals surface area contributed by atoms with Crippen LogP contribution in [0.5, 0.6) is 0 Å². The van der Waals surface area contributed by atoms with Crippen molar-refractivity contribution >= 4 is 22.4 Å². The molecule has 0 bridgehead atoms. The molecule has 5 rings (SSSR count). The molecular weight excluding hydrogens is 425 g/mol. The van der Waals surface area contributed by atoms with Crippen LogP contribution in [0, 0.1) is 18.7 Å². The summed E-state index contributed by atoms with van der Waals surface area (Å²) in [7, 11) is 0. The molecule has 3 fully saturated rings. The molecule has 0 aromatic carbocycles. The molecule has 0 spiro atoms. The van der Waals surface area contributed by atoms with E-state index in [9.17, 15) is 9.18 Å². The highest BCUT2D eigenvalue weighted by molar-refractivity contribution is 7.17. The fourth-order valence-electron chi connectivity index (χ4n) is 5.21. The zero-order valence-electron chi connectivity index (χ0n) is 18.9. The van der Waals surface area contributed by atoms with Gasteiger partial charge in [0.1, 0.15) is 16.4 Å². The van der Waals surface area contributed by atoms with Gasteiger partial charge in [0.25, 0.3) is 5.91 Å². The average Bonchev–Trinajstić information content (AvgIpc) is 3.37. The molecule has 1 N–H and O–H groups in total. The van der Waals surface area contributed by atoms with Gasteiger partial charge in [0, 0.05) is 31.9 Å². The molecule has 2 aromatic heterocycles. The molecule has 6 nitrogen and oxygen atoms in total. The lowest BCUT2D eigenvalue weighted by Crippen LogP contribution is -2.48. The number of hydrogen-bond acceptors (Lipinski definition) is 6. The molecule has 8 heteroatoms. The second-order valence-corrected chi connectivity index (χ2v) is 10.9. The number of carbonyl (C=O) groups is 1. The van der Waals surface area contributed by atoms with Crippen molar-refractivity contribution in [3.8, 4) is 0 Å². The molecule has 1 saturated carbocycles. The van der Waals surface area contributed by atoms with Crippen molar-refractivity contribution in [2.24, 2.45) is 5.92 Å². The number of piperidine rings is 2. The number of anilines is 1. The van der Waals surface area contributed by atoms with Crippen molar-refractivity contribution in [3.63, 3.8) is 0 Å². The van der Waals surface area contributed by atoms with Gasteiger partial charge in [-0.3, -0.25) is 14.7 Å². The number of aromatic nitrogens is 2. The Morgan fingerprint density at radius 3 is 2.66 bits per heavy atom. The average molecular weight is 458 g/mol. The molecule has 172 valence electrons. The van der Waals surface area contributed by atoms with Crippen LogP contribution in [-0.4, -0.2) is 53.0 Å². The monoisotopic (exact) mass is 457 g/mol. The van der Waals surface area contributed by atoms with Gasteiger partial charge in [0.05, 0.1) is 11.7 Å². The Hall–Kier alpha value is -2.06. The molecule has 0 radical (unpaired) electrons. The van der Waals surface area contributed by atoms with Crippen molar-refractivity contribution in [2.75, 3.05) is 31.1 Å². The zero-order chi connectivity index (χ0) is 22.3. The number of carbonyl (C=O) groups excluding carboxylic acids is 1. The summed E-state index contributed by atoms with van der Waals surface area (Å²) in [5, 5.41) is 3.94. The van der Waals surface area contributed by atoms with Gasteiger partial charge < -0.3 is 10.2 Å². The van der Waals surface area contributed by atoms with E-state index in [0.29, 0.717) is 29.5 Å². The van der Waals surface area contributed by atoms with E-state index in [4.69, 9.17) is 0 Å². The Morgan fingerprint density at radius 1 is 1.19 bits per heavy atom. The Balaban J connectivity index is 1.19. The van der Waals surface area contributed by atoms with Crippen molar-refractivity contribution in [2.45, 2.75) is 64.0 Å². The molecule has 2 saturated heterocycles. The summed E-state index contributed by atoms with van der Waals surface area (Å²) in [5.74, 6) is 0.268. The molecule has 32 heavy (non-hydrogen) atoms. The molecular formula is C24H32FN5OS. The number of likely N-dealkylation sites (tertiary alicyclic amines) is 1. The highest BCUT2D eigenvalue weighted by Gasteiger charge is 2.49. The first-order valence-electron chi connectivity index (χ1n) is 11.8. The van der Waals surface area contributed by atoms with Crippen LogP contribution < -0.4 is 10.2 Å². The number of rotatable bonds is 5. The van der Waals surface area contributed by atoms with E-state index in [1.165, 1.54) is 43.3 Å². The number of thiazole rings is 1. The third kappa shape index (κ3) is 4.39. The quantitative estimate of drug-likeness (QED) is 0.732. The summed E-state index contributed by atoms with van der Waals surface area (Å²) in [6.45, 7) is 8.59. The van der Waals surface area contributed by atoms with Crippen LogP contribution in [0.25, 0.3) is 0 Å². The van der Waals surface area contributed by atoms with Crippen molar-refractivity contribution in [3.05, 3.63) is 40.4 Å². The van der Waals surface area contributed by atoms with E-state index >= 15 is 0 Å². The number of pyridine rings is 1. The van der Waals surface area contributed by atoms with E-state index in [0.717, 1.165) is 42.5 Å². The Kier molecular flexibility index (Phi) is 5.92. The van der Waals surface area contributed by atoms with Crippen LogP contribution in [0.2, 0.25) is 0 Å². The van der Waals surface area contributed by atoms with Crippen molar-refractivity contribution in [1.82, 2.24) is 20.2 Å². The van der Waals surface area contributed by atoms with Gasteiger partial charge in [-0.05, 0) is 69.5 Å². The van der Waals surface area contributed by atoms with E-state index in [-0.39, 0.29) is 11.7 Å².